The van der Waals surface area contributed by atoms with Crippen molar-refractivity contribution in [3.05, 3.63) is 70.8 Å². The predicted molar refractivity (Wildman–Crippen MR) is 99.3 cm³/mol. The number of carbonyl (C=O) groups excluding carboxylic acids is 2. The van der Waals surface area contributed by atoms with Gasteiger partial charge in [-0.2, -0.15) is 0 Å². The molecule has 2 aromatic rings. The van der Waals surface area contributed by atoms with Gasteiger partial charge in [-0.1, -0.05) is 52.0 Å². The van der Waals surface area contributed by atoms with Crippen molar-refractivity contribution in [2.45, 2.75) is 38.5 Å². The minimum Gasteiger partial charge on any atom is -0.276 e. The molecule has 126 valence electrons. The summed E-state index contributed by atoms with van der Waals surface area (Å²) in [7, 11) is 0. The lowest BCUT2D eigenvalue weighted by atomic mass is 9.61. The van der Waals surface area contributed by atoms with Crippen LogP contribution in [0, 0.1) is 0 Å². The number of halogens is 2. The van der Waals surface area contributed by atoms with Gasteiger partial charge >= 0.3 is 0 Å². The molecule has 2 rings (SSSR count). The first kappa shape index (κ1) is 18.7. The molecular weight excluding hydrogens is 343 g/mol. The average Bonchev–Trinajstić information content (AvgIpc) is 2.54. The second kappa shape index (κ2) is 6.70. The molecule has 0 fully saturated rings. The van der Waals surface area contributed by atoms with Crippen molar-refractivity contribution in [3.8, 4) is 0 Å². The van der Waals surface area contributed by atoms with Crippen LogP contribution in [0.1, 0.15) is 59.5 Å². The van der Waals surface area contributed by atoms with E-state index in [1.54, 1.807) is 24.3 Å². The molecule has 24 heavy (non-hydrogen) atoms. The maximum absolute atomic E-state index is 11.2. The predicted octanol–water partition coefficient (Wildman–Crippen LogP) is 5.70. The van der Waals surface area contributed by atoms with E-state index >= 15 is 0 Å². The number of hydrogen-bond acceptors (Lipinski definition) is 2. The minimum atomic E-state index is -0.458. The third-order valence-corrected chi connectivity index (χ3v) is 5.67. The molecule has 0 spiro atoms. The quantitative estimate of drug-likeness (QED) is 0.639. The number of carbonyl (C=O) groups is 2. The van der Waals surface area contributed by atoms with Crippen LogP contribution in [0.15, 0.2) is 48.5 Å². The molecule has 0 aromatic heterocycles. The highest BCUT2D eigenvalue weighted by Gasteiger charge is 2.39. The molecule has 0 saturated carbocycles. The summed E-state index contributed by atoms with van der Waals surface area (Å²) in [5.74, 6) is 0. The van der Waals surface area contributed by atoms with Crippen LogP contribution in [0.3, 0.4) is 0 Å². The molecule has 0 aliphatic heterocycles. The zero-order valence-electron chi connectivity index (χ0n) is 14.2. The smallest absolute Gasteiger partial charge is 0.252 e. The normalized spacial score (nSPS) is 12.1. The molecule has 0 aliphatic carbocycles. The Morgan fingerprint density at radius 3 is 1.08 bits per heavy atom. The summed E-state index contributed by atoms with van der Waals surface area (Å²) in [6, 6.07) is 14.7. The largest absolute Gasteiger partial charge is 0.276 e. The number of rotatable bonds is 5. The molecule has 0 saturated heterocycles. The fourth-order valence-electron chi connectivity index (χ4n) is 2.76. The van der Waals surface area contributed by atoms with Gasteiger partial charge in [-0.25, -0.2) is 0 Å². The molecule has 4 heteroatoms. The monoisotopic (exact) mass is 362 g/mol. The lowest BCUT2D eigenvalue weighted by Gasteiger charge is -2.43. The number of hydrogen-bond donors (Lipinski definition) is 0. The van der Waals surface area contributed by atoms with Crippen molar-refractivity contribution < 1.29 is 9.59 Å². The van der Waals surface area contributed by atoms with E-state index in [2.05, 4.69) is 27.7 Å². The highest BCUT2D eigenvalue weighted by atomic mass is 35.5. The van der Waals surface area contributed by atoms with Crippen molar-refractivity contribution in [2.75, 3.05) is 0 Å². The Bertz CT molecular complexity index is 690. The van der Waals surface area contributed by atoms with Gasteiger partial charge in [0.05, 0.1) is 0 Å². The molecule has 0 amide bonds. The van der Waals surface area contributed by atoms with Crippen LogP contribution < -0.4 is 0 Å². The molecule has 0 radical (unpaired) electrons. The summed E-state index contributed by atoms with van der Waals surface area (Å²) in [5, 5.41) is -0.917. The molecule has 0 unspecified atom stereocenters. The summed E-state index contributed by atoms with van der Waals surface area (Å²) >= 11 is 11.0. The van der Waals surface area contributed by atoms with Crippen molar-refractivity contribution in [3.63, 3.8) is 0 Å². The molecule has 0 heterocycles. The van der Waals surface area contributed by atoms with Gasteiger partial charge in [0.15, 0.2) is 0 Å². The Balaban J connectivity index is 2.41. The van der Waals surface area contributed by atoms with Crippen molar-refractivity contribution in [1.82, 2.24) is 0 Å². The van der Waals surface area contributed by atoms with Gasteiger partial charge in [-0.15, -0.1) is 0 Å². The summed E-state index contributed by atoms with van der Waals surface area (Å²) in [5.41, 5.74) is 2.75. The van der Waals surface area contributed by atoms with Crippen molar-refractivity contribution in [1.29, 1.82) is 0 Å². The third kappa shape index (κ3) is 3.40. The number of benzene rings is 2. The molecule has 0 aliphatic rings. The van der Waals surface area contributed by atoms with E-state index < -0.39 is 10.5 Å². The summed E-state index contributed by atoms with van der Waals surface area (Å²) in [4.78, 5) is 22.5. The van der Waals surface area contributed by atoms with E-state index in [9.17, 15) is 9.59 Å². The fraction of sp³-hybridized carbons (Fsp3) is 0.300. The van der Waals surface area contributed by atoms with Crippen LogP contribution in [-0.4, -0.2) is 10.5 Å². The van der Waals surface area contributed by atoms with Crippen molar-refractivity contribution >= 4 is 33.7 Å². The average molecular weight is 363 g/mol. The second-order valence-corrected chi connectivity index (χ2v) is 7.64. The Hall–Kier alpha value is -1.64. The van der Waals surface area contributed by atoms with Gasteiger partial charge in [-0.3, -0.25) is 9.59 Å². The molecule has 0 atom stereocenters. The maximum Gasteiger partial charge on any atom is 0.252 e. The van der Waals surface area contributed by atoms with E-state index in [0.717, 1.165) is 11.1 Å². The van der Waals surface area contributed by atoms with Gasteiger partial charge in [0.1, 0.15) is 0 Å². The molecule has 2 nitrogen and oxygen atoms in total. The Morgan fingerprint density at radius 1 is 0.625 bits per heavy atom. The van der Waals surface area contributed by atoms with E-state index in [-0.39, 0.29) is 10.8 Å². The highest BCUT2D eigenvalue weighted by Crippen LogP contribution is 2.43. The van der Waals surface area contributed by atoms with Crippen LogP contribution in [0.25, 0.3) is 0 Å². The Labute approximate surface area is 152 Å². The van der Waals surface area contributed by atoms with Gasteiger partial charge in [0.25, 0.3) is 10.5 Å². The molecule has 0 N–H and O–H groups in total. The minimum absolute atomic E-state index is 0.215. The highest BCUT2D eigenvalue weighted by molar-refractivity contribution is 6.68. The second-order valence-electron chi connectivity index (χ2n) is 6.95. The first-order valence-electron chi connectivity index (χ1n) is 7.68. The van der Waals surface area contributed by atoms with Gasteiger partial charge in [0.2, 0.25) is 0 Å². The molecular formula is C20H20Cl2O2. The van der Waals surface area contributed by atoms with E-state index in [1.807, 2.05) is 24.3 Å². The molecule has 0 bridgehead atoms. The first-order valence-corrected chi connectivity index (χ1v) is 8.43. The van der Waals surface area contributed by atoms with Crippen LogP contribution in [0.5, 0.6) is 0 Å². The van der Waals surface area contributed by atoms with Crippen LogP contribution in [0.2, 0.25) is 0 Å². The van der Waals surface area contributed by atoms with Crippen LogP contribution >= 0.6 is 23.2 Å². The molecule has 2 aromatic carbocycles. The lowest BCUT2D eigenvalue weighted by molar-refractivity contribution is 0.107. The summed E-state index contributed by atoms with van der Waals surface area (Å²) in [6.07, 6.45) is 0. The fourth-order valence-corrected chi connectivity index (χ4v) is 3.01. The Morgan fingerprint density at radius 2 is 0.875 bits per heavy atom. The van der Waals surface area contributed by atoms with Gasteiger partial charge < -0.3 is 0 Å². The summed E-state index contributed by atoms with van der Waals surface area (Å²) < 4.78 is 0. The van der Waals surface area contributed by atoms with E-state index in [1.165, 1.54) is 0 Å². The van der Waals surface area contributed by atoms with E-state index in [0.29, 0.717) is 11.1 Å². The lowest BCUT2D eigenvalue weighted by Crippen LogP contribution is -2.40. The maximum atomic E-state index is 11.2. The topological polar surface area (TPSA) is 34.1 Å². The zero-order chi connectivity index (χ0) is 18.1. The van der Waals surface area contributed by atoms with Gasteiger partial charge in [-0.05, 0) is 69.4 Å². The van der Waals surface area contributed by atoms with Crippen molar-refractivity contribution in [2.24, 2.45) is 0 Å². The van der Waals surface area contributed by atoms with E-state index in [4.69, 9.17) is 23.2 Å². The standard InChI is InChI=1S/C20H20Cl2O2/c1-19(2,15-9-5-13(6-10-15)17(21)23)20(3,4)16-11-7-14(8-12-16)18(22)24/h5-12H,1-4H3. The SMILES string of the molecule is CC(C)(c1ccc(C(=O)Cl)cc1)C(C)(C)c1ccc(C(=O)Cl)cc1. The Kier molecular flexibility index (Phi) is 5.22. The van der Waals surface area contributed by atoms with Crippen LogP contribution in [-0.2, 0) is 10.8 Å². The van der Waals surface area contributed by atoms with Gasteiger partial charge in [0, 0.05) is 11.1 Å². The van der Waals surface area contributed by atoms with Crippen LogP contribution in [0.4, 0.5) is 0 Å². The summed E-state index contributed by atoms with van der Waals surface area (Å²) in [6.45, 7) is 8.63. The zero-order valence-corrected chi connectivity index (χ0v) is 15.7. The third-order valence-electron chi connectivity index (χ3n) is 5.23. The first-order chi connectivity index (χ1) is 11.1.